The van der Waals surface area contributed by atoms with E-state index in [0.29, 0.717) is 5.69 Å². The summed E-state index contributed by atoms with van der Waals surface area (Å²) < 4.78 is 0. The Balaban J connectivity index is 1.95. The predicted octanol–water partition coefficient (Wildman–Crippen LogP) is 3.10. The van der Waals surface area contributed by atoms with Gasteiger partial charge in [0.15, 0.2) is 0 Å². The maximum atomic E-state index is 10.8. The van der Waals surface area contributed by atoms with E-state index < -0.39 is 6.03 Å². The minimum Gasteiger partial charge on any atom is -0.351 e. The topological polar surface area (TPSA) is 80.0 Å². The van der Waals surface area contributed by atoms with Crippen molar-refractivity contribution in [3.05, 3.63) is 45.4 Å². The van der Waals surface area contributed by atoms with Crippen molar-refractivity contribution in [2.45, 2.75) is 33.4 Å². The molecule has 1 aromatic carbocycles. The lowest BCUT2D eigenvalue weighted by Gasteiger charge is -2.14. The Bertz CT molecular complexity index is 621. The molecule has 0 spiro atoms. The second-order valence-corrected chi connectivity index (χ2v) is 6.24. The zero-order valence-electron chi connectivity index (χ0n) is 12.4. The molecule has 5 nitrogen and oxygen atoms in total. The zero-order chi connectivity index (χ0) is 15.4. The number of nitrogens with one attached hydrogen (secondary N) is 2. The summed E-state index contributed by atoms with van der Waals surface area (Å²) in [5.74, 6) is 0. The normalized spacial score (nSPS) is 12.1. The zero-order valence-corrected chi connectivity index (χ0v) is 13.3. The van der Waals surface area contributed by atoms with E-state index in [2.05, 4.69) is 22.5 Å². The number of hydrogen-bond acceptors (Lipinski definition) is 4. The second kappa shape index (κ2) is 6.69. The third-order valence-corrected chi connectivity index (χ3v) is 4.32. The fourth-order valence-corrected chi connectivity index (χ4v) is 2.99. The third-order valence-electron chi connectivity index (χ3n) is 3.25. The van der Waals surface area contributed by atoms with Crippen molar-refractivity contribution in [1.29, 1.82) is 0 Å². The van der Waals surface area contributed by atoms with Crippen LogP contribution in [0.5, 0.6) is 0 Å². The van der Waals surface area contributed by atoms with Crippen LogP contribution in [0.1, 0.15) is 34.1 Å². The number of aryl methyl sites for hydroxylation is 2. The SMILES string of the molecule is Cc1nc(C)c(CNC(C)c2ccc(NC(N)=O)cc2)s1. The molecule has 1 unspecified atom stereocenters. The molecule has 0 saturated heterocycles. The van der Waals surface area contributed by atoms with Crippen molar-refractivity contribution in [3.8, 4) is 0 Å². The van der Waals surface area contributed by atoms with E-state index in [9.17, 15) is 4.79 Å². The molecular weight excluding hydrogens is 284 g/mol. The summed E-state index contributed by atoms with van der Waals surface area (Å²) in [5, 5.41) is 7.13. The van der Waals surface area contributed by atoms with Crippen molar-refractivity contribution in [1.82, 2.24) is 10.3 Å². The number of hydrogen-bond donors (Lipinski definition) is 3. The molecule has 21 heavy (non-hydrogen) atoms. The van der Waals surface area contributed by atoms with E-state index in [1.807, 2.05) is 38.1 Å². The lowest BCUT2D eigenvalue weighted by molar-refractivity contribution is 0.259. The van der Waals surface area contributed by atoms with Crippen molar-refractivity contribution < 1.29 is 4.79 Å². The number of thiazole rings is 1. The number of aromatic nitrogens is 1. The highest BCUT2D eigenvalue weighted by atomic mass is 32.1. The Morgan fingerprint density at radius 3 is 2.52 bits per heavy atom. The van der Waals surface area contributed by atoms with Crippen LogP contribution in [0.3, 0.4) is 0 Å². The van der Waals surface area contributed by atoms with Gasteiger partial charge in [-0.15, -0.1) is 11.3 Å². The Kier molecular flexibility index (Phi) is 4.93. The van der Waals surface area contributed by atoms with Gasteiger partial charge in [0.2, 0.25) is 0 Å². The molecule has 2 aromatic rings. The molecule has 0 aliphatic carbocycles. The second-order valence-electron chi connectivity index (χ2n) is 4.96. The molecule has 112 valence electrons. The summed E-state index contributed by atoms with van der Waals surface area (Å²) in [6.07, 6.45) is 0. The van der Waals surface area contributed by atoms with E-state index in [1.54, 1.807) is 11.3 Å². The number of carbonyl (C=O) groups excluding carboxylic acids is 1. The first-order chi connectivity index (χ1) is 9.95. The van der Waals surface area contributed by atoms with Crippen LogP contribution in [-0.4, -0.2) is 11.0 Å². The minimum absolute atomic E-state index is 0.217. The van der Waals surface area contributed by atoms with E-state index in [1.165, 1.54) is 4.88 Å². The summed E-state index contributed by atoms with van der Waals surface area (Å²) in [6, 6.07) is 7.32. The number of primary amides is 1. The highest BCUT2D eigenvalue weighted by molar-refractivity contribution is 7.11. The van der Waals surface area contributed by atoms with E-state index >= 15 is 0 Å². The minimum atomic E-state index is -0.551. The van der Waals surface area contributed by atoms with Gasteiger partial charge in [-0.3, -0.25) is 0 Å². The summed E-state index contributed by atoms with van der Waals surface area (Å²) >= 11 is 1.73. The van der Waals surface area contributed by atoms with Gasteiger partial charge < -0.3 is 16.4 Å². The fourth-order valence-electron chi connectivity index (χ4n) is 2.10. The molecular formula is C15H20N4OS. The number of urea groups is 1. The number of amides is 2. The molecule has 2 amide bonds. The van der Waals surface area contributed by atoms with E-state index in [4.69, 9.17) is 5.73 Å². The van der Waals surface area contributed by atoms with Crippen molar-refractivity contribution in [2.75, 3.05) is 5.32 Å². The number of carbonyl (C=O) groups is 1. The summed E-state index contributed by atoms with van der Waals surface area (Å²) in [5.41, 5.74) is 8.04. The highest BCUT2D eigenvalue weighted by Gasteiger charge is 2.09. The first kappa shape index (κ1) is 15.5. The van der Waals surface area contributed by atoms with Gasteiger partial charge in [0.25, 0.3) is 0 Å². The van der Waals surface area contributed by atoms with Gasteiger partial charge in [-0.05, 0) is 38.5 Å². The van der Waals surface area contributed by atoms with Crippen LogP contribution in [0.4, 0.5) is 10.5 Å². The molecule has 0 fully saturated rings. The van der Waals surface area contributed by atoms with Crippen molar-refractivity contribution in [2.24, 2.45) is 5.73 Å². The lowest BCUT2D eigenvalue weighted by Crippen LogP contribution is -2.20. The van der Waals surface area contributed by atoms with Crippen molar-refractivity contribution >= 4 is 23.1 Å². The van der Waals surface area contributed by atoms with Crippen LogP contribution in [0.2, 0.25) is 0 Å². The molecule has 0 radical (unpaired) electrons. The molecule has 4 N–H and O–H groups in total. The highest BCUT2D eigenvalue weighted by Crippen LogP contribution is 2.20. The number of rotatable bonds is 5. The molecule has 1 atom stereocenters. The molecule has 2 rings (SSSR count). The van der Waals surface area contributed by atoms with Crippen molar-refractivity contribution in [3.63, 3.8) is 0 Å². The standard InChI is InChI=1S/C15H20N4OS/c1-9(17-8-14-10(2)18-11(3)21-14)12-4-6-13(7-5-12)19-15(16)20/h4-7,9,17H,8H2,1-3H3,(H3,16,19,20). The van der Waals surface area contributed by atoms with E-state index in [0.717, 1.165) is 22.8 Å². The Labute approximate surface area is 128 Å². The average molecular weight is 304 g/mol. The maximum absolute atomic E-state index is 10.8. The predicted molar refractivity (Wildman–Crippen MR) is 86.5 cm³/mol. The van der Waals surface area contributed by atoms with Gasteiger partial charge in [-0.2, -0.15) is 0 Å². The smallest absolute Gasteiger partial charge is 0.316 e. The van der Waals surface area contributed by atoms with Crippen LogP contribution in [0, 0.1) is 13.8 Å². The maximum Gasteiger partial charge on any atom is 0.316 e. The van der Waals surface area contributed by atoms with Crippen LogP contribution in [0.25, 0.3) is 0 Å². The Morgan fingerprint density at radius 2 is 2.00 bits per heavy atom. The van der Waals surface area contributed by atoms with Gasteiger partial charge in [-0.25, -0.2) is 9.78 Å². The molecule has 6 heteroatoms. The van der Waals surface area contributed by atoms with Crippen LogP contribution < -0.4 is 16.4 Å². The lowest BCUT2D eigenvalue weighted by atomic mass is 10.1. The third kappa shape index (κ3) is 4.27. The van der Waals surface area contributed by atoms with Gasteiger partial charge >= 0.3 is 6.03 Å². The van der Waals surface area contributed by atoms with Crippen LogP contribution in [-0.2, 0) is 6.54 Å². The average Bonchev–Trinajstić information content (AvgIpc) is 2.74. The molecule has 0 aliphatic heterocycles. The fraction of sp³-hybridized carbons (Fsp3) is 0.333. The molecule has 0 bridgehead atoms. The Morgan fingerprint density at radius 1 is 1.33 bits per heavy atom. The van der Waals surface area contributed by atoms with Gasteiger partial charge in [0.05, 0.1) is 10.7 Å². The number of nitrogens with two attached hydrogens (primary N) is 1. The van der Waals surface area contributed by atoms with E-state index in [-0.39, 0.29) is 6.04 Å². The van der Waals surface area contributed by atoms with Crippen LogP contribution in [0.15, 0.2) is 24.3 Å². The molecule has 0 saturated carbocycles. The van der Waals surface area contributed by atoms with Gasteiger partial charge in [0, 0.05) is 23.2 Å². The summed E-state index contributed by atoms with van der Waals surface area (Å²) in [7, 11) is 0. The summed E-state index contributed by atoms with van der Waals surface area (Å²) in [6.45, 7) is 6.98. The van der Waals surface area contributed by atoms with Gasteiger partial charge in [0.1, 0.15) is 0 Å². The van der Waals surface area contributed by atoms with Crippen LogP contribution >= 0.6 is 11.3 Å². The number of anilines is 1. The van der Waals surface area contributed by atoms with Gasteiger partial charge in [-0.1, -0.05) is 12.1 Å². The number of benzene rings is 1. The molecule has 0 aliphatic rings. The Hall–Kier alpha value is -1.92. The first-order valence-electron chi connectivity index (χ1n) is 6.78. The first-order valence-corrected chi connectivity index (χ1v) is 7.60. The molecule has 1 heterocycles. The largest absolute Gasteiger partial charge is 0.351 e. The quantitative estimate of drug-likeness (QED) is 0.794. The monoisotopic (exact) mass is 304 g/mol. The molecule has 1 aromatic heterocycles. The summed E-state index contributed by atoms with van der Waals surface area (Å²) in [4.78, 5) is 16.5. The number of nitrogens with zero attached hydrogens (tertiary/aromatic N) is 1.